The molecular weight excluding hydrogens is 304 g/mol. The van der Waals surface area contributed by atoms with Crippen LogP contribution in [-0.4, -0.2) is 4.98 Å². The van der Waals surface area contributed by atoms with Crippen LogP contribution in [0, 0.1) is 11.8 Å². The SMILES string of the molecule is Fc1cccnc1F.[Ir]. The van der Waals surface area contributed by atoms with Gasteiger partial charge in [0.1, 0.15) is 0 Å². The minimum Gasteiger partial charge on any atom is -0.226 e. The number of halogens is 2. The predicted molar refractivity (Wildman–Crippen MR) is 24.2 cm³/mol. The third kappa shape index (κ3) is 2.16. The molecule has 0 atom stereocenters. The van der Waals surface area contributed by atoms with Crippen molar-refractivity contribution in [2.24, 2.45) is 0 Å². The standard InChI is InChI=1S/C5H3F2N.Ir/c6-4-2-1-3-8-5(4)7;/h1-3H;. The molecule has 0 bridgehead atoms. The number of rotatable bonds is 0. The van der Waals surface area contributed by atoms with Crippen LogP contribution in [0.15, 0.2) is 18.3 Å². The summed E-state index contributed by atoms with van der Waals surface area (Å²) in [5.41, 5.74) is 0. The maximum atomic E-state index is 11.9. The Bertz CT molecular complexity index is 171. The molecule has 0 N–H and O–H groups in total. The normalized spacial score (nSPS) is 8.22. The molecule has 0 saturated heterocycles. The fourth-order valence-corrected chi connectivity index (χ4v) is 0.366. The van der Waals surface area contributed by atoms with Gasteiger partial charge in [-0.1, -0.05) is 0 Å². The van der Waals surface area contributed by atoms with Gasteiger partial charge >= 0.3 is 0 Å². The molecule has 0 aliphatic rings. The Morgan fingerprint density at radius 3 is 2.33 bits per heavy atom. The summed E-state index contributed by atoms with van der Waals surface area (Å²) in [5.74, 6) is -1.96. The number of nitrogens with zero attached hydrogens (tertiary/aromatic N) is 1. The van der Waals surface area contributed by atoms with E-state index < -0.39 is 11.8 Å². The van der Waals surface area contributed by atoms with E-state index in [0.29, 0.717) is 0 Å². The van der Waals surface area contributed by atoms with Gasteiger partial charge in [0, 0.05) is 26.3 Å². The average Bonchev–Trinajstić information content (AvgIpc) is 1.77. The van der Waals surface area contributed by atoms with E-state index in [4.69, 9.17) is 0 Å². The second-order valence-corrected chi connectivity index (χ2v) is 1.28. The van der Waals surface area contributed by atoms with Crippen molar-refractivity contribution in [2.45, 2.75) is 0 Å². The molecule has 0 fully saturated rings. The molecule has 1 radical (unpaired) electrons. The maximum absolute atomic E-state index is 11.9. The average molecular weight is 307 g/mol. The van der Waals surface area contributed by atoms with Crippen LogP contribution in [0.3, 0.4) is 0 Å². The van der Waals surface area contributed by atoms with Crippen LogP contribution in [0.25, 0.3) is 0 Å². The van der Waals surface area contributed by atoms with Crippen LogP contribution in [0.5, 0.6) is 0 Å². The molecule has 1 rings (SSSR count). The van der Waals surface area contributed by atoms with Crippen LogP contribution < -0.4 is 0 Å². The summed E-state index contributed by atoms with van der Waals surface area (Å²) in [6.45, 7) is 0. The van der Waals surface area contributed by atoms with Gasteiger partial charge in [0.05, 0.1) is 0 Å². The fourth-order valence-electron chi connectivity index (χ4n) is 0.366. The van der Waals surface area contributed by atoms with Crippen molar-refractivity contribution >= 4 is 0 Å². The van der Waals surface area contributed by atoms with Gasteiger partial charge < -0.3 is 0 Å². The first-order chi connectivity index (χ1) is 3.80. The van der Waals surface area contributed by atoms with E-state index >= 15 is 0 Å². The zero-order valence-electron chi connectivity index (χ0n) is 4.27. The van der Waals surface area contributed by atoms with Gasteiger partial charge in [-0.15, -0.1) is 0 Å². The molecule has 0 amide bonds. The van der Waals surface area contributed by atoms with Crippen molar-refractivity contribution in [3.05, 3.63) is 30.1 Å². The fraction of sp³-hybridized carbons (Fsp3) is 0. The first-order valence-electron chi connectivity index (χ1n) is 2.07. The van der Waals surface area contributed by atoms with E-state index in [-0.39, 0.29) is 20.1 Å². The Labute approximate surface area is 64.5 Å². The molecule has 0 aromatic carbocycles. The minimum atomic E-state index is -1.05. The summed E-state index contributed by atoms with van der Waals surface area (Å²) >= 11 is 0. The van der Waals surface area contributed by atoms with E-state index in [1.54, 1.807) is 0 Å². The summed E-state index contributed by atoms with van der Waals surface area (Å²) in [4.78, 5) is 3.04. The van der Waals surface area contributed by atoms with Crippen LogP contribution >= 0.6 is 0 Å². The zero-order valence-corrected chi connectivity index (χ0v) is 6.66. The molecule has 1 heterocycles. The van der Waals surface area contributed by atoms with Crippen LogP contribution in [0.1, 0.15) is 0 Å². The molecule has 51 valence electrons. The predicted octanol–water partition coefficient (Wildman–Crippen LogP) is 1.36. The molecule has 0 aliphatic heterocycles. The zero-order chi connectivity index (χ0) is 5.98. The Kier molecular flexibility index (Phi) is 3.50. The van der Waals surface area contributed by atoms with Crippen molar-refractivity contribution in [3.63, 3.8) is 0 Å². The molecule has 0 aliphatic carbocycles. The number of aromatic nitrogens is 1. The topological polar surface area (TPSA) is 12.9 Å². The third-order valence-electron chi connectivity index (χ3n) is 0.714. The van der Waals surface area contributed by atoms with E-state index in [1.807, 2.05) is 0 Å². The van der Waals surface area contributed by atoms with Crippen molar-refractivity contribution in [2.75, 3.05) is 0 Å². The first-order valence-corrected chi connectivity index (χ1v) is 2.07. The van der Waals surface area contributed by atoms with Gasteiger partial charge in [-0.25, -0.2) is 9.37 Å². The Morgan fingerprint density at radius 2 is 2.00 bits per heavy atom. The van der Waals surface area contributed by atoms with E-state index in [9.17, 15) is 8.78 Å². The maximum Gasteiger partial charge on any atom is 0.248 e. The third-order valence-corrected chi connectivity index (χ3v) is 0.714. The van der Waals surface area contributed by atoms with Crippen molar-refractivity contribution < 1.29 is 28.9 Å². The molecular formula is C5H3F2IrN. The Balaban J connectivity index is 0.000000640. The molecule has 1 aromatic rings. The molecule has 4 heteroatoms. The number of hydrogen-bond acceptors (Lipinski definition) is 1. The smallest absolute Gasteiger partial charge is 0.226 e. The van der Waals surface area contributed by atoms with Gasteiger partial charge in [0.25, 0.3) is 0 Å². The van der Waals surface area contributed by atoms with Crippen molar-refractivity contribution in [3.8, 4) is 0 Å². The summed E-state index contributed by atoms with van der Waals surface area (Å²) in [6, 6.07) is 2.35. The van der Waals surface area contributed by atoms with Crippen LogP contribution in [0.4, 0.5) is 8.78 Å². The Morgan fingerprint density at radius 1 is 1.33 bits per heavy atom. The van der Waals surface area contributed by atoms with E-state index in [1.165, 1.54) is 12.3 Å². The number of hydrogen-bond donors (Lipinski definition) is 0. The summed E-state index contributed by atoms with van der Waals surface area (Å²) in [7, 11) is 0. The van der Waals surface area contributed by atoms with Gasteiger partial charge in [0.15, 0.2) is 5.82 Å². The largest absolute Gasteiger partial charge is 0.248 e. The first kappa shape index (κ1) is 8.66. The molecule has 1 nitrogen and oxygen atoms in total. The molecule has 9 heavy (non-hydrogen) atoms. The van der Waals surface area contributed by atoms with Gasteiger partial charge in [-0.05, 0) is 12.1 Å². The second kappa shape index (κ2) is 3.64. The Hall–Kier alpha value is -0.341. The monoisotopic (exact) mass is 308 g/mol. The van der Waals surface area contributed by atoms with Crippen molar-refractivity contribution in [1.82, 2.24) is 4.98 Å². The van der Waals surface area contributed by atoms with Crippen LogP contribution in [-0.2, 0) is 20.1 Å². The van der Waals surface area contributed by atoms with Crippen LogP contribution in [0.2, 0.25) is 0 Å². The van der Waals surface area contributed by atoms with Crippen molar-refractivity contribution in [1.29, 1.82) is 0 Å². The van der Waals surface area contributed by atoms with Gasteiger partial charge in [-0.2, -0.15) is 4.39 Å². The van der Waals surface area contributed by atoms with Gasteiger partial charge in [-0.3, -0.25) is 0 Å². The molecule has 0 saturated carbocycles. The summed E-state index contributed by atoms with van der Waals surface area (Å²) in [5, 5.41) is 0. The number of pyridine rings is 1. The summed E-state index contributed by atoms with van der Waals surface area (Å²) in [6.07, 6.45) is 1.19. The van der Waals surface area contributed by atoms with E-state index in [0.717, 1.165) is 6.07 Å². The summed E-state index contributed by atoms with van der Waals surface area (Å²) < 4.78 is 23.7. The molecule has 1 aromatic heterocycles. The van der Waals surface area contributed by atoms with Gasteiger partial charge in [0.2, 0.25) is 5.95 Å². The molecule has 0 unspecified atom stereocenters. The van der Waals surface area contributed by atoms with E-state index in [2.05, 4.69) is 4.98 Å². The second-order valence-electron chi connectivity index (χ2n) is 1.28. The molecule has 0 spiro atoms. The minimum absolute atomic E-state index is 0. The quantitative estimate of drug-likeness (QED) is 0.660.